The molecule has 0 fully saturated rings. The van der Waals surface area contributed by atoms with Crippen LogP contribution >= 0.6 is 0 Å². The molecule has 0 bridgehead atoms. The van der Waals surface area contributed by atoms with Crippen molar-refractivity contribution in [2.24, 2.45) is 0 Å². The van der Waals surface area contributed by atoms with E-state index in [9.17, 15) is 14.7 Å². The fourth-order valence-corrected chi connectivity index (χ4v) is 2.74. The second-order valence-electron chi connectivity index (χ2n) is 5.51. The third-order valence-electron chi connectivity index (χ3n) is 4.07. The van der Waals surface area contributed by atoms with Crippen LogP contribution in [0.5, 0.6) is 0 Å². The van der Waals surface area contributed by atoms with Crippen molar-refractivity contribution < 1.29 is 14.7 Å². The lowest BCUT2D eigenvalue weighted by molar-refractivity contribution is -0.133. The average molecular weight is 295 g/mol. The van der Waals surface area contributed by atoms with Crippen LogP contribution in [0.4, 0.5) is 5.69 Å². The van der Waals surface area contributed by atoms with Crippen molar-refractivity contribution in [1.29, 1.82) is 0 Å². The number of carbonyl (C=O) groups excluding carboxylic acids is 2. The van der Waals surface area contributed by atoms with Crippen LogP contribution in [0.2, 0.25) is 0 Å². The minimum absolute atomic E-state index is 0.256. The number of anilines is 1. The third-order valence-corrected chi connectivity index (χ3v) is 4.07. The van der Waals surface area contributed by atoms with E-state index < -0.39 is 11.5 Å². The van der Waals surface area contributed by atoms with E-state index in [0.717, 1.165) is 12.0 Å². The molecule has 0 saturated heterocycles. The van der Waals surface area contributed by atoms with Gasteiger partial charge in [0.05, 0.1) is 6.42 Å². The van der Waals surface area contributed by atoms with Crippen molar-refractivity contribution in [3.05, 3.63) is 65.2 Å². The normalized spacial score (nSPS) is 19.6. The van der Waals surface area contributed by atoms with E-state index in [1.807, 2.05) is 19.1 Å². The molecule has 0 radical (unpaired) electrons. The molecule has 3 rings (SSSR count). The molecule has 1 aliphatic heterocycles. The highest BCUT2D eigenvalue weighted by Crippen LogP contribution is 2.39. The van der Waals surface area contributed by atoms with Crippen molar-refractivity contribution >= 4 is 17.4 Å². The van der Waals surface area contributed by atoms with Crippen molar-refractivity contribution in [1.82, 2.24) is 0 Å². The lowest BCUT2D eigenvalue weighted by atomic mass is 9.87. The van der Waals surface area contributed by atoms with Gasteiger partial charge in [0.25, 0.3) is 5.91 Å². The van der Waals surface area contributed by atoms with Gasteiger partial charge in [-0.1, -0.05) is 49.4 Å². The number of carbonyl (C=O) groups is 2. The van der Waals surface area contributed by atoms with Crippen molar-refractivity contribution in [3.63, 3.8) is 0 Å². The Labute approximate surface area is 128 Å². The molecule has 2 aromatic rings. The van der Waals surface area contributed by atoms with Crippen LogP contribution in [-0.4, -0.2) is 16.8 Å². The largest absolute Gasteiger partial charge is 0.375 e. The number of ketones is 1. The van der Waals surface area contributed by atoms with Gasteiger partial charge in [-0.2, -0.15) is 0 Å². The topological polar surface area (TPSA) is 66.4 Å². The van der Waals surface area contributed by atoms with Crippen LogP contribution < -0.4 is 5.32 Å². The summed E-state index contributed by atoms with van der Waals surface area (Å²) in [4.78, 5) is 24.6. The Kier molecular flexibility index (Phi) is 3.54. The lowest BCUT2D eigenvalue weighted by Gasteiger charge is -2.20. The molecule has 0 unspecified atom stereocenters. The van der Waals surface area contributed by atoms with E-state index in [1.54, 1.807) is 36.4 Å². The maximum atomic E-state index is 12.4. The number of aliphatic hydroxyl groups is 1. The van der Waals surface area contributed by atoms with Gasteiger partial charge < -0.3 is 10.4 Å². The molecule has 1 amide bonds. The summed E-state index contributed by atoms with van der Waals surface area (Å²) in [5, 5.41) is 13.5. The summed E-state index contributed by atoms with van der Waals surface area (Å²) in [6.07, 6.45) is 0.535. The molecule has 2 aromatic carbocycles. The molecule has 0 saturated carbocycles. The molecule has 1 atom stereocenters. The van der Waals surface area contributed by atoms with Crippen molar-refractivity contribution in [3.8, 4) is 0 Å². The van der Waals surface area contributed by atoms with Crippen LogP contribution in [-0.2, 0) is 16.8 Å². The molecule has 0 aromatic heterocycles. The molecule has 1 aliphatic rings. The molecule has 4 heteroatoms. The van der Waals surface area contributed by atoms with Crippen LogP contribution in [0.3, 0.4) is 0 Å². The zero-order valence-electron chi connectivity index (χ0n) is 12.3. The average Bonchev–Trinajstić information content (AvgIpc) is 2.79. The fraction of sp³-hybridized carbons (Fsp3) is 0.222. The van der Waals surface area contributed by atoms with E-state index in [2.05, 4.69) is 5.32 Å². The van der Waals surface area contributed by atoms with E-state index in [-0.39, 0.29) is 12.2 Å². The van der Waals surface area contributed by atoms with Crippen molar-refractivity contribution in [2.45, 2.75) is 25.4 Å². The Bertz CT molecular complexity index is 739. The molecule has 0 aliphatic carbocycles. The Morgan fingerprint density at radius 1 is 1.18 bits per heavy atom. The van der Waals surface area contributed by atoms with Crippen LogP contribution in [0.1, 0.15) is 34.8 Å². The van der Waals surface area contributed by atoms with E-state index in [1.165, 1.54) is 0 Å². The van der Waals surface area contributed by atoms with Gasteiger partial charge >= 0.3 is 0 Å². The summed E-state index contributed by atoms with van der Waals surface area (Å²) in [6.45, 7) is 2.00. The molecule has 112 valence electrons. The predicted octanol–water partition coefficient (Wildman–Crippen LogP) is 2.66. The number of aryl methyl sites for hydroxylation is 1. The first kappa shape index (κ1) is 14.5. The van der Waals surface area contributed by atoms with Gasteiger partial charge in [0.15, 0.2) is 11.4 Å². The molecule has 22 heavy (non-hydrogen) atoms. The van der Waals surface area contributed by atoms with Crippen LogP contribution in [0.25, 0.3) is 0 Å². The highest BCUT2D eigenvalue weighted by molar-refractivity contribution is 6.09. The number of benzene rings is 2. The molecular formula is C18H17NO3. The van der Waals surface area contributed by atoms with Gasteiger partial charge in [0.2, 0.25) is 0 Å². The Morgan fingerprint density at radius 2 is 1.91 bits per heavy atom. The Balaban J connectivity index is 1.96. The molecule has 2 N–H and O–H groups in total. The van der Waals surface area contributed by atoms with E-state index in [0.29, 0.717) is 16.8 Å². The first-order chi connectivity index (χ1) is 10.5. The number of hydrogen-bond donors (Lipinski definition) is 2. The second-order valence-corrected chi connectivity index (χ2v) is 5.51. The molecular weight excluding hydrogens is 278 g/mol. The number of Topliss-reactive ketones (excluding diaryl/α,β-unsaturated/α-hetero) is 1. The lowest BCUT2D eigenvalue weighted by Crippen LogP contribution is -2.36. The predicted molar refractivity (Wildman–Crippen MR) is 83.7 cm³/mol. The second kappa shape index (κ2) is 5.39. The highest BCUT2D eigenvalue weighted by atomic mass is 16.3. The van der Waals surface area contributed by atoms with E-state index >= 15 is 0 Å². The SMILES string of the molecule is CCc1ccc2c(c1)[C@](O)(CC(=O)c1ccccc1)C(=O)N2. The minimum Gasteiger partial charge on any atom is -0.375 e. The summed E-state index contributed by atoms with van der Waals surface area (Å²) in [5.41, 5.74) is 0.768. The monoisotopic (exact) mass is 295 g/mol. The zero-order chi connectivity index (χ0) is 15.7. The van der Waals surface area contributed by atoms with E-state index in [4.69, 9.17) is 0 Å². The summed E-state index contributed by atoms with van der Waals surface area (Å²) in [5.74, 6) is -0.798. The number of fused-ring (bicyclic) bond motifs is 1. The van der Waals surface area contributed by atoms with Gasteiger partial charge in [-0.3, -0.25) is 9.59 Å². The maximum absolute atomic E-state index is 12.4. The smallest absolute Gasteiger partial charge is 0.261 e. The number of hydrogen-bond acceptors (Lipinski definition) is 3. The molecule has 4 nitrogen and oxygen atoms in total. The number of amides is 1. The summed E-state index contributed by atoms with van der Waals surface area (Å²) >= 11 is 0. The van der Waals surface area contributed by atoms with Gasteiger partial charge in [-0.15, -0.1) is 0 Å². The summed E-state index contributed by atoms with van der Waals surface area (Å²) in [7, 11) is 0. The van der Waals surface area contributed by atoms with Gasteiger partial charge in [0.1, 0.15) is 0 Å². The summed E-state index contributed by atoms with van der Waals surface area (Å²) in [6, 6.07) is 14.2. The standard InChI is InChI=1S/C18H17NO3/c1-2-12-8-9-15-14(10-12)18(22,17(21)19-15)11-16(20)13-6-4-3-5-7-13/h3-10,22H,2,11H2,1H3,(H,19,21)/t18-/m1/s1. The Hall–Kier alpha value is -2.46. The van der Waals surface area contributed by atoms with Gasteiger partial charge in [-0.25, -0.2) is 0 Å². The quantitative estimate of drug-likeness (QED) is 0.852. The Morgan fingerprint density at radius 3 is 2.59 bits per heavy atom. The first-order valence-corrected chi connectivity index (χ1v) is 7.30. The van der Waals surface area contributed by atoms with Crippen LogP contribution in [0, 0.1) is 0 Å². The molecule has 0 spiro atoms. The third kappa shape index (κ3) is 2.31. The highest BCUT2D eigenvalue weighted by Gasteiger charge is 2.46. The number of rotatable bonds is 4. The number of nitrogens with one attached hydrogen (secondary N) is 1. The first-order valence-electron chi connectivity index (χ1n) is 7.30. The summed E-state index contributed by atoms with van der Waals surface area (Å²) < 4.78 is 0. The fourth-order valence-electron chi connectivity index (χ4n) is 2.74. The zero-order valence-corrected chi connectivity index (χ0v) is 12.3. The van der Waals surface area contributed by atoms with Gasteiger partial charge in [0, 0.05) is 16.8 Å². The minimum atomic E-state index is -1.80. The molecule has 1 heterocycles. The maximum Gasteiger partial charge on any atom is 0.261 e. The van der Waals surface area contributed by atoms with Crippen LogP contribution in [0.15, 0.2) is 48.5 Å². The van der Waals surface area contributed by atoms with Crippen molar-refractivity contribution in [2.75, 3.05) is 5.32 Å². The van der Waals surface area contributed by atoms with Gasteiger partial charge in [-0.05, 0) is 18.1 Å².